The maximum atomic E-state index is 12.9. The summed E-state index contributed by atoms with van der Waals surface area (Å²) in [4.78, 5) is 0. The second kappa shape index (κ2) is 4.92. The molecule has 108 valence electrons. The molecule has 1 rings (SSSR count). The summed E-state index contributed by atoms with van der Waals surface area (Å²) in [6.07, 6.45) is -9.90. The zero-order chi connectivity index (χ0) is 14.9. The average Bonchev–Trinajstić information content (AvgIpc) is 2.24. The molecule has 0 bridgehead atoms. The van der Waals surface area contributed by atoms with Gasteiger partial charge in [-0.1, -0.05) is 12.1 Å². The normalized spacial score (nSPS) is 16.2. The Morgan fingerprint density at radius 2 is 1.47 bits per heavy atom. The molecule has 0 fully saturated rings. The fraction of sp³-hybridized carbons (Fsp3) is 0.455. The van der Waals surface area contributed by atoms with E-state index < -0.39 is 30.1 Å². The van der Waals surface area contributed by atoms with E-state index in [0.29, 0.717) is 6.92 Å². The molecule has 2 nitrogen and oxygen atoms in total. The predicted molar refractivity (Wildman–Crippen MR) is 53.5 cm³/mol. The highest BCUT2D eigenvalue weighted by atomic mass is 19.4. The van der Waals surface area contributed by atoms with E-state index in [0.717, 1.165) is 24.3 Å². The van der Waals surface area contributed by atoms with Crippen LogP contribution in [0.4, 0.5) is 26.3 Å². The fourth-order valence-corrected chi connectivity index (χ4v) is 1.33. The van der Waals surface area contributed by atoms with E-state index in [1.54, 1.807) is 0 Å². The van der Waals surface area contributed by atoms with Crippen LogP contribution in [0.25, 0.3) is 0 Å². The van der Waals surface area contributed by atoms with E-state index in [-0.39, 0.29) is 5.75 Å². The highest BCUT2D eigenvalue weighted by Crippen LogP contribution is 2.43. The van der Waals surface area contributed by atoms with Gasteiger partial charge in [0, 0.05) is 0 Å². The Bertz CT molecular complexity index is 422. The molecule has 0 aliphatic carbocycles. The van der Waals surface area contributed by atoms with Crippen LogP contribution in [0.2, 0.25) is 0 Å². The number of hydrogen-bond donors (Lipinski definition) is 1. The van der Waals surface area contributed by atoms with E-state index in [9.17, 15) is 26.3 Å². The first-order chi connectivity index (χ1) is 8.46. The summed E-state index contributed by atoms with van der Waals surface area (Å²) < 4.78 is 78.9. The average molecular weight is 288 g/mol. The Morgan fingerprint density at radius 3 is 1.84 bits per heavy atom. The van der Waals surface area contributed by atoms with E-state index >= 15 is 0 Å². The number of ether oxygens (including phenoxy) is 1. The minimum absolute atomic E-state index is 0.302. The summed E-state index contributed by atoms with van der Waals surface area (Å²) in [6, 6.07) is 3.60. The third-order valence-corrected chi connectivity index (χ3v) is 2.48. The van der Waals surface area contributed by atoms with Gasteiger partial charge in [-0.05, 0) is 24.6 Å². The third-order valence-electron chi connectivity index (χ3n) is 2.48. The first-order valence-corrected chi connectivity index (χ1v) is 5.03. The lowest BCUT2D eigenvalue weighted by Crippen LogP contribution is -2.44. The summed E-state index contributed by atoms with van der Waals surface area (Å²) in [5, 5.41) is 8.98. The molecule has 0 aliphatic rings. The molecule has 19 heavy (non-hydrogen) atoms. The summed E-state index contributed by atoms with van der Waals surface area (Å²) in [5.74, 6) is -0.302. The van der Waals surface area contributed by atoms with Gasteiger partial charge in [0.15, 0.2) is 5.60 Å². The maximum absolute atomic E-state index is 12.9. The lowest BCUT2D eigenvalue weighted by atomic mass is 9.95. The van der Waals surface area contributed by atoms with Gasteiger partial charge >= 0.3 is 12.4 Å². The number of halogens is 6. The molecule has 0 aliphatic heterocycles. The zero-order valence-corrected chi connectivity index (χ0v) is 9.64. The van der Waals surface area contributed by atoms with Gasteiger partial charge in [0.2, 0.25) is 0 Å². The minimum atomic E-state index is -5.03. The molecule has 0 radical (unpaired) electrons. The van der Waals surface area contributed by atoms with E-state index in [4.69, 9.17) is 5.11 Å². The van der Waals surface area contributed by atoms with Crippen molar-refractivity contribution in [3.05, 3.63) is 29.8 Å². The van der Waals surface area contributed by atoms with Crippen molar-refractivity contribution >= 4 is 0 Å². The summed E-state index contributed by atoms with van der Waals surface area (Å²) in [6.45, 7) is -1.52. The third kappa shape index (κ3) is 3.76. The van der Waals surface area contributed by atoms with Crippen molar-refractivity contribution in [3.63, 3.8) is 0 Å². The first kappa shape index (κ1) is 15.6. The number of phenols is 1. The molecule has 0 spiro atoms. The monoisotopic (exact) mass is 288 g/mol. The van der Waals surface area contributed by atoms with Gasteiger partial charge in [0.05, 0.1) is 0 Å². The van der Waals surface area contributed by atoms with Crippen LogP contribution in [0.1, 0.15) is 12.5 Å². The second-order valence-corrected chi connectivity index (χ2v) is 3.98. The van der Waals surface area contributed by atoms with Crippen molar-refractivity contribution < 1.29 is 36.2 Å². The van der Waals surface area contributed by atoms with Gasteiger partial charge in [0.25, 0.3) is 0 Å². The molecule has 1 aromatic rings. The Morgan fingerprint density at radius 1 is 1.00 bits per heavy atom. The molecular weight excluding hydrogens is 278 g/mol. The summed E-state index contributed by atoms with van der Waals surface area (Å²) >= 11 is 0. The molecule has 1 atom stereocenters. The number of rotatable bonds is 3. The molecule has 1 aromatic carbocycles. The van der Waals surface area contributed by atoms with Crippen molar-refractivity contribution in [2.45, 2.75) is 24.9 Å². The molecule has 0 saturated heterocycles. The molecule has 0 heterocycles. The quantitative estimate of drug-likeness (QED) is 0.858. The van der Waals surface area contributed by atoms with Gasteiger partial charge < -0.3 is 9.84 Å². The Kier molecular flexibility index (Phi) is 4.04. The predicted octanol–water partition coefficient (Wildman–Crippen LogP) is 3.75. The van der Waals surface area contributed by atoms with E-state index in [1.165, 1.54) is 0 Å². The molecular formula is C11H10F6O2. The zero-order valence-electron chi connectivity index (χ0n) is 9.64. The van der Waals surface area contributed by atoms with Crippen LogP contribution in [0, 0.1) is 0 Å². The van der Waals surface area contributed by atoms with Crippen LogP contribution in [-0.2, 0) is 10.3 Å². The Hall–Kier alpha value is -1.44. The highest BCUT2D eigenvalue weighted by molar-refractivity contribution is 5.30. The van der Waals surface area contributed by atoms with Crippen LogP contribution in [0.3, 0.4) is 0 Å². The van der Waals surface area contributed by atoms with Crippen LogP contribution in [0.15, 0.2) is 24.3 Å². The van der Waals surface area contributed by atoms with E-state index in [1.807, 2.05) is 0 Å². The minimum Gasteiger partial charge on any atom is -0.508 e. The molecule has 8 heteroatoms. The van der Waals surface area contributed by atoms with E-state index in [2.05, 4.69) is 4.74 Å². The van der Waals surface area contributed by atoms with Crippen molar-refractivity contribution in [2.75, 3.05) is 6.61 Å². The fourth-order valence-electron chi connectivity index (χ4n) is 1.33. The number of aromatic hydroxyl groups is 1. The standard InChI is InChI=1S/C11H10F6O2/c1-9(11(15,16)17,19-6-10(12,13)14)7-2-4-8(18)5-3-7/h2-5,18H,6H2,1H3. The van der Waals surface area contributed by atoms with Crippen LogP contribution in [0.5, 0.6) is 5.75 Å². The lowest BCUT2D eigenvalue weighted by molar-refractivity contribution is -0.303. The van der Waals surface area contributed by atoms with Gasteiger partial charge in [-0.25, -0.2) is 0 Å². The molecule has 0 aromatic heterocycles. The lowest BCUT2D eigenvalue weighted by Gasteiger charge is -2.32. The van der Waals surface area contributed by atoms with Gasteiger partial charge in [-0.3, -0.25) is 0 Å². The van der Waals surface area contributed by atoms with Crippen molar-refractivity contribution in [2.24, 2.45) is 0 Å². The van der Waals surface area contributed by atoms with Crippen molar-refractivity contribution in [1.29, 1.82) is 0 Å². The first-order valence-electron chi connectivity index (χ1n) is 5.03. The molecule has 0 saturated carbocycles. The topological polar surface area (TPSA) is 29.5 Å². The van der Waals surface area contributed by atoms with Crippen LogP contribution >= 0.6 is 0 Å². The number of benzene rings is 1. The van der Waals surface area contributed by atoms with Crippen LogP contribution < -0.4 is 0 Å². The highest BCUT2D eigenvalue weighted by Gasteiger charge is 2.55. The second-order valence-electron chi connectivity index (χ2n) is 3.98. The number of hydrogen-bond acceptors (Lipinski definition) is 2. The smallest absolute Gasteiger partial charge is 0.421 e. The largest absolute Gasteiger partial charge is 0.508 e. The van der Waals surface area contributed by atoms with Gasteiger partial charge in [0.1, 0.15) is 12.4 Å². The van der Waals surface area contributed by atoms with Crippen molar-refractivity contribution in [3.8, 4) is 5.75 Å². The van der Waals surface area contributed by atoms with Crippen LogP contribution in [-0.4, -0.2) is 24.1 Å². The number of phenolic OH excluding ortho intramolecular Hbond substituents is 1. The SMILES string of the molecule is CC(OCC(F)(F)F)(c1ccc(O)cc1)C(F)(F)F. The van der Waals surface area contributed by atoms with Gasteiger partial charge in [-0.15, -0.1) is 0 Å². The Labute approximate surface area is 104 Å². The maximum Gasteiger partial charge on any atom is 0.421 e. The van der Waals surface area contributed by atoms with Gasteiger partial charge in [-0.2, -0.15) is 26.3 Å². The molecule has 1 N–H and O–H groups in total. The summed E-state index contributed by atoms with van der Waals surface area (Å²) in [7, 11) is 0. The Balaban J connectivity index is 3.10. The molecule has 1 unspecified atom stereocenters. The van der Waals surface area contributed by atoms with Crippen molar-refractivity contribution in [1.82, 2.24) is 0 Å². The summed E-state index contributed by atoms with van der Waals surface area (Å²) in [5.41, 5.74) is -3.63. The molecule has 0 amide bonds. The number of alkyl halides is 6.